The second kappa shape index (κ2) is 6.54. The maximum atomic E-state index is 12.9. The van der Waals surface area contributed by atoms with Gasteiger partial charge in [-0.25, -0.2) is 4.98 Å². The molecule has 0 atom stereocenters. The minimum Gasteiger partial charge on any atom is -0.320 e. The van der Waals surface area contributed by atoms with Crippen molar-refractivity contribution in [3.63, 3.8) is 0 Å². The fourth-order valence-electron chi connectivity index (χ4n) is 2.60. The third kappa shape index (κ3) is 3.15. The second-order valence-electron chi connectivity index (χ2n) is 5.53. The fourth-order valence-corrected chi connectivity index (χ4v) is 2.98. The summed E-state index contributed by atoms with van der Waals surface area (Å²) in [6, 6.07) is 11.5. The molecule has 0 bridgehead atoms. The molecule has 1 amide bonds. The van der Waals surface area contributed by atoms with Gasteiger partial charge in [-0.15, -0.1) is 0 Å². The van der Waals surface area contributed by atoms with Gasteiger partial charge in [0.15, 0.2) is 0 Å². The number of amides is 1. The highest BCUT2D eigenvalue weighted by molar-refractivity contribution is 9.10. The van der Waals surface area contributed by atoms with Gasteiger partial charge in [0.1, 0.15) is 11.3 Å². The van der Waals surface area contributed by atoms with Gasteiger partial charge >= 0.3 is 0 Å². The average molecular weight is 372 g/mol. The predicted octanol–water partition coefficient (Wildman–Crippen LogP) is 4.61. The van der Waals surface area contributed by atoms with Crippen molar-refractivity contribution in [3.05, 3.63) is 64.0 Å². The van der Waals surface area contributed by atoms with Crippen LogP contribution in [-0.4, -0.2) is 15.3 Å². The number of aryl methyl sites for hydroxylation is 2. The number of imidazole rings is 1. The van der Waals surface area contributed by atoms with Gasteiger partial charge in [-0.3, -0.25) is 9.20 Å². The van der Waals surface area contributed by atoms with E-state index >= 15 is 0 Å². The number of carbonyl (C=O) groups is 1. The number of anilines is 1. The number of nitrogens with zero attached hydrogens (tertiary/aromatic N) is 2. The summed E-state index contributed by atoms with van der Waals surface area (Å²) in [5, 5.41) is 2.98. The second-order valence-corrected chi connectivity index (χ2v) is 6.38. The number of halogens is 1. The molecule has 0 saturated carbocycles. The maximum Gasteiger partial charge on any atom is 0.274 e. The van der Waals surface area contributed by atoms with E-state index in [0.29, 0.717) is 5.69 Å². The molecular formula is C18H18BrN3O. The zero-order chi connectivity index (χ0) is 16.4. The molecule has 3 aromatic rings. The molecule has 3 rings (SSSR count). The summed E-state index contributed by atoms with van der Waals surface area (Å²) in [5.41, 5.74) is 4.09. The predicted molar refractivity (Wildman–Crippen MR) is 96.0 cm³/mol. The Balaban J connectivity index is 2.06. The number of hydrogen-bond donors (Lipinski definition) is 1. The van der Waals surface area contributed by atoms with E-state index in [1.165, 1.54) is 0 Å². The van der Waals surface area contributed by atoms with Crippen LogP contribution in [0, 0.1) is 6.92 Å². The molecule has 0 radical (unpaired) electrons. The van der Waals surface area contributed by atoms with E-state index in [9.17, 15) is 4.79 Å². The number of fused-ring (bicyclic) bond motifs is 1. The lowest BCUT2D eigenvalue weighted by Gasteiger charge is -2.09. The standard InChI is InChI=1S/C18H18BrN3O/c1-3-6-15-17(22-11-12(2)9-10-16(22)20-15)18(23)21-14-8-5-4-7-13(14)19/h4-5,7-11H,3,6H2,1-2H3,(H,21,23). The van der Waals surface area contributed by atoms with Crippen molar-refractivity contribution in [2.45, 2.75) is 26.7 Å². The van der Waals surface area contributed by atoms with E-state index in [1.54, 1.807) is 0 Å². The summed E-state index contributed by atoms with van der Waals surface area (Å²) < 4.78 is 2.74. The number of hydrogen-bond acceptors (Lipinski definition) is 2. The molecular weight excluding hydrogens is 354 g/mol. The van der Waals surface area contributed by atoms with Gasteiger partial charge in [0, 0.05) is 10.7 Å². The number of carbonyl (C=O) groups excluding carboxylic acids is 1. The van der Waals surface area contributed by atoms with Gasteiger partial charge in [0.25, 0.3) is 5.91 Å². The Kier molecular flexibility index (Phi) is 4.48. The lowest BCUT2D eigenvalue weighted by molar-refractivity contribution is 0.102. The van der Waals surface area contributed by atoms with Crippen LogP contribution in [0.4, 0.5) is 5.69 Å². The molecule has 5 heteroatoms. The minimum absolute atomic E-state index is 0.140. The Hall–Kier alpha value is -2.14. The van der Waals surface area contributed by atoms with Crippen LogP contribution in [0.5, 0.6) is 0 Å². The molecule has 1 N–H and O–H groups in total. The third-order valence-corrected chi connectivity index (χ3v) is 4.35. The van der Waals surface area contributed by atoms with Crippen LogP contribution in [0.3, 0.4) is 0 Å². The topological polar surface area (TPSA) is 46.4 Å². The highest BCUT2D eigenvalue weighted by Crippen LogP contribution is 2.23. The molecule has 0 saturated heterocycles. The zero-order valence-corrected chi connectivity index (χ0v) is 14.7. The maximum absolute atomic E-state index is 12.9. The lowest BCUT2D eigenvalue weighted by atomic mass is 10.2. The minimum atomic E-state index is -0.140. The Labute approximate surface area is 143 Å². The number of para-hydroxylation sites is 1. The Morgan fingerprint density at radius 3 is 2.78 bits per heavy atom. The summed E-state index contributed by atoms with van der Waals surface area (Å²) >= 11 is 3.46. The summed E-state index contributed by atoms with van der Waals surface area (Å²) in [7, 11) is 0. The van der Waals surface area contributed by atoms with Crippen LogP contribution in [0.25, 0.3) is 5.65 Å². The summed E-state index contributed by atoms with van der Waals surface area (Å²) in [4.78, 5) is 17.5. The van der Waals surface area contributed by atoms with Gasteiger partial charge in [-0.1, -0.05) is 31.5 Å². The van der Waals surface area contributed by atoms with E-state index < -0.39 is 0 Å². The highest BCUT2D eigenvalue weighted by Gasteiger charge is 2.19. The molecule has 0 fully saturated rings. The molecule has 1 aromatic carbocycles. The molecule has 0 aliphatic carbocycles. The zero-order valence-electron chi connectivity index (χ0n) is 13.1. The van der Waals surface area contributed by atoms with Crippen LogP contribution in [0.1, 0.15) is 35.1 Å². The van der Waals surface area contributed by atoms with E-state index in [-0.39, 0.29) is 5.91 Å². The van der Waals surface area contributed by atoms with Crippen molar-refractivity contribution in [3.8, 4) is 0 Å². The van der Waals surface area contributed by atoms with Crippen molar-refractivity contribution in [1.82, 2.24) is 9.38 Å². The molecule has 0 aliphatic heterocycles. The summed E-state index contributed by atoms with van der Waals surface area (Å²) in [6.45, 7) is 4.10. The largest absolute Gasteiger partial charge is 0.320 e. The first-order valence-electron chi connectivity index (χ1n) is 7.63. The number of pyridine rings is 1. The molecule has 4 nitrogen and oxygen atoms in total. The first-order valence-corrected chi connectivity index (χ1v) is 8.43. The third-order valence-electron chi connectivity index (χ3n) is 3.66. The van der Waals surface area contributed by atoms with Crippen molar-refractivity contribution in [2.24, 2.45) is 0 Å². The van der Waals surface area contributed by atoms with Gasteiger partial charge in [0.2, 0.25) is 0 Å². The Bertz CT molecular complexity index is 870. The summed E-state index contributed by atoms with van der Waals surface area (Å²) in [6.07, 6.45) is 3.67. The SMILES string of the molecule is CCCc1nc2ccc(C)cn2c1C(=O)Nc1ccccc1Br. The fraction of sp³-hybridized carbons (Fsp3) is 0.222. The van der Waals surface area contributed by atoms with Crippen LogP contribution in [0.2, 0.25) is 0 Å². The van der Waals surface area contributed by atoms with E-state index in [2.05, 4.69) is 33.2 Å². The summed E-state index contributed by atoms with van der Waals surface area (Å²) in [5.74, 6) is -0.140. The molecule has 2 heterocycles. The van der Waals surface area contributed by atoms with Crippen molar-refractivity contribution in [1.29, 1.82) is 0 Å². The van der Waals surface area contributed by atoms with Crippen molar-refractivity contribution in [2.75, 3.05) is 5.32 Å². The quantitative estimate of drug-likeness (QED) is 0.727. The van der Waals surface area contributed by atoms with Gasteiger partial charge < -0.3 is 5.32 Å². The number of rotatable bonds is 4. The van der Waals surface area contributed by atoms with Gasteiger partial charge in [-0.05, 0) is 53.0 Å². The molecule has 118 valence electrons. The van der Waals surface area contributed by atoms with Crippen LogP contribution in [0.15, 0.2) is 47.1 Å². The van der Waals surface area contributed by atoms with Crippen LogP contribution >= 0.6 is 15.9 Å². The van der Waals surface area contributed by atoms with Crippen LogP contribution < -0.4 is 5.32 Å². The molecule has 0 aliphatic rings. The average Bonchev–Trinajstić information content (AvgIpc) is 2.87. The van der Waals surface area contributed by atoms with E-state index in [0.717, 1.165) is 39.9 Å². The van der Waals surface area contributed by atoms with Gasteiger partial charge in [0.05, 0.1) is 11.4 Å². The lowest BCUT2D eigenvalue weighted by Crippen LogP contribution is -2.16. The van der Waals surface area contributed by atoms with Crippen LogP contribution in [-0.2, 0) is 6.42 Å². The smallest absolute Gasteiger partial charge is 0.274 e. The highest BCUT2D eigenvalue weighted by atomic mass is 79.9. The number of benzene rings is 1. The monoisotopic (exact) mass is 371 g/mol. The first kappa shape index (κ1) is 15.7. The molecule has 0 unspecified atom stereocenters. The number of nitrogens with one attached hydrogen (secondary N) is 1. The number of aromatic nitrogens is 2. The van der Waals surface area contributed by atoms with E-state index in [4.69, 9.17) is 0 Å². The van der Waals surface area contributed by atoms with Crippen molar-refractivity contribution >= 4 is 33.2 Å². The first-order chi connectivity index (χ1) is 11.1. The molecule has 2 aromatic heterocycles. The normalized spacial score (nSPS) is 10.9. The molecule has 0 spiro atoms. The Morgan fingerprint density at radius 1 is 1.26 bits per heavy atom. The van der Waals surface area contributed by atoms with Gasteiger partial charge in [-0.2, -0.15) is 0 Å². The Morgan fingerprint density at radius 2 is 2.04 bits per heavy atom. The molecule has 23 heavy (non-hydrogen) atoms. The van der Waals surface area contributed by atoms with Crippen molar-refractivity contribution < 1.29 is 4.79 Å². The van der Waals surface area contributed by atoms with E-state index in [1.807, 2.05) is 53.9 Å².